The van der Waals surface area contributed by atoms with Gasteiger partial charge in [-0.1, -0.05) is 57.4 Å². The molecule has 25 heavy (non-hydrogen) atoms. The highest BCUT2D eigenvalue weighted by Crippen LogP contribution is 2.26. The summed E-state index contributed by atoms with van der Waals surface area (Å²) in [6.45, 7) is 8.03. The Morgan fingerprint density at radius 3 is 2.08 bits per heavy atom. The van der Waals surface area contributed by atoms with E-state index in [4.69, 9.17) is 5.73 Å². The van der Waals surface area contributed by atoms with Gasteiger partial charge in [0.25, 0.3) is 0 Å². The largest absolute Gasteiger partial charge is 0.350 e. The summed E-state index contributed by atoms with van der Waals surface area (Å²) in [6.07, 6.45) is 4.93. The van der Waals surface area contributed by atoms with Gasteiger partial charge in [0.05, 0.1) is 5.54 Å². The number of nitrogens with zero attached hydrogens (tertiary/aromatic N) is 1. The first-order chi connectivity index (χ1) is 11.1. The molecular weight excluding hydrogens is 357 g/mol. The molecule has 1 aromatic carbocycles. The number of carbonyl (C=O) groups is 1. The Morgan fingerprint density at radius 1 is 1.04 bits per heavy atom. The number of halogens is 2. The molecule has 1 fully saturated rings. The minimum Gasteiger partial charge on any atom is -0.350 e. The first-order valence-corrected chi connectivity index (χ1v) is 8.94. The van der Waals surface area contributed by atoms with E-state index in [1.807, 2.05) is 0 Å². The van der Waals surface area contributed by atoms with Crippen molar-refractivity contribution in [1.29, 1.82) is 0 Å². The Kier molecular flexibility index (Phi) is 11.4. The van der Waals surface area contributed by atoms with Crippen LogP contribution in [0.3, 0.4) is 0 Å². The molecule has 144 valence electrons. The second-order valence-corrected chi connectivity index (χ2v) is 6.68. The van der Waals surface area contributed by atoms with Crippen molar-refractivity contribution >= 4 is 30.7 Å². The molecule has 4 nitrogen and oxygen atoms in total. The maximum Gasteiger partial charge on any atom is 0.240 e. The van der Waals surface area contributed by atoms with E-state index in [0.29, 0.717) is 6.54 Å². The van der Waals surface area contributed by atoms with Crippen LogP contribution < -0.4 is 11.1 Å². The molecule has 0 saturated heterocycles. The van der Waals surface area contributed by atoms with Crippen molar-refractivity contribution in [2.45, 2.75) is 64.6 Å². The maximum absolute atomic E-state index is 12.3. The standard InChI is InChI=1S/C19H31N3O.2ClH/c1-3-22(4-2)15-17-10-8-16(9-11-17)14-21-18(23)19(20)12-6-5-7-13-19;;/h8-11H,3-7,12-15,20H2,1-2H3,(H,21,23);2*1H. The van der Waals surface area contributed by atoms with Crippen LogP contribution in [0.4, 0.5) is 0 Å². The van der Waals surface area contributed by atoms with E-state index < -0.39 is 5.54 Å². The van der Waals surface area contributed by atoms with Gasteiger partial charge < -0.3 is 11.1 Å². The van der Waals surface area contributed by atoms with Gasteiger partial charge in [-0.2, -0.15) is 0 Å². The predicted molar refractivity (Wildman–Crippen MR) is 109 cm³/mol. The number of nitrogens with two attached hydrogens (primary N) is 1. The van der Waals surface area contributed by atoms with E-state index >= 15 is 0 Å². The molecule has 1 saturated carbocycles. The van der Waals surface area contributed by atoms with E-state index in [1.54, 1.807) is 0 Å². The summed E-state index contributed by atoms with van der Waals surface area (Å²) in [5.41, 5.74) is 8.04. The summed E-state index contributed by atoms with van der Waals surface area (Å²) in [5, 5.41) is 3.02. The van der Waals surface area contributed by atoms with Crippen molar-refractivity contribution in [1.82, 2.24) is 10.2 Å². The summed E-state index contributed by atoms with van der Waals surface area (Å²) in [6, 6.07) is 8.50. The molecule has 1 amide bonds. The number of rotatable bonds is 7. The number of hydrogen-bond donors (Lipinski definition) is 2. The first kappa shape index (κ1) is 24.2. The second-order valence-electron chi connectivity index (χ2n) is 6.68. The molecule has 1 aliphatic rings. The summed E-state index contributed by atoms with van der Waals surface area (Å²) < 4.78 is 0. The number of amides is 1. The second kappa shape index (κ2) is 11.7. The quantitative estimate of drug-likeness (QED) is 0.747. The zero-order chi connectivity index (χ0) is 16.7. The highest BCUT2D eigenvalue weighted by molar-refractivity contribution is 5.86. The van der Waals surface area contributed by atoms with Crippen LogP contribution in [0.25, 0.3) is 0 Å². The molecule has 6 heteroatoms. The molecule has 0 aromatic heterocycles. The van der Waals surface area contributed by atoms with E-state index in [1.165, 1.54) is 12.0 Å². The zero-order valence-corrected chi connectivity index (χ0v) is 17.1. The lowest BCUT2D eigenvalue weighted by Crippen LogP contribution is -2.54. The van der Waals surface area contributed by atoms with Gasteiger partial charge in [-0.3, -0.25) is 9.69 Å². The number of nitrogens with one attached hydrogen (secondary N) is 1. The summed E-state index contributed by atoms with van der Waals surface area (Å²) in [4.78, 5) is 14.7. The minimum atomic E-state index is -0.652. The Labute approximate surface area is 164 Å². The van der Waals surface area contributed by atoms with Gasteiger partial charge in [0.2, 0.25) is 5.91 Å². The monoisotopic (exact) mass is 389 g/mol. The normalized spacial score (nSPS) is 15.8. The molecule has 0 bridgehead atoms. The fourth-order valence-corrected chi connectivity index (χ4v) is 3.24. The highest BCUT2D eigenvalue weighted by Gasteiger charge is 2.34. The van der Waals surface area contributed by atoms with Gasteiger partial charge in [0, 0.05) is 13.1 Å². The van der Waals surface area contributed by atoms with Gasteiger partial charge in [-0.05, 0) is 37.1 Å². The zero-order valence-electron chi connectivity index (χ0n) is 15.4. The lowest BCUT2D eigenvalue weighted by Gasteiger charge is -2.31. The Hall–Kier alpha value is -0.810. The topological polar surface area (TPSA) is 58.4 Å². The summed E-state index contributed by atoms with van der Waals surface area (Å²) >= 11 is 0. The Balaban J connectivity index is 0.00000288. The average Bonchev–Trinajstić information content (AvgIpc) is 2.59. The van der Waals surface area contributed by atoms with Crippen molar-refractivity contribution in [2.24, 2.45) is 5.73 Å². The molecule has 0 spiro atoms. The first-order valence-electron chi connectivity index (χ1n) is 8.94. The van der Waals surface area contributed by atoms with Crippen molar-refractivity contribution in [3.05, 3.63) is 35.4 Å². The Bertz CT molecular complexity index is 498. The van der Waals surface area contributed by atoms with Crippen LogP contribution in [0.5, 0.6) is 0 Å². The highest BCUT2D eigenvalue weighted by atomic mass is 35.5. The fourth-order valence-electron chi connectivity index (χ4n) is 3.24. The molecule has 0 heterocycles. The molecule has 0 aliphatic heterocycles. The van der Waals surface area contributed by atoms with Crippen molar-refractivity contribution in [3.63, 3.8) is 0 Å². The molecule has 0 radical (unpaired) electrons. The van der Waals surface area contributed by atoms with Crippen LogP contribution in [-0.2, 0) is 17.9 Å². The van der Waals surface area contributed by atoms with Crippen LogP contribution in [0, 0.1) is 0 Å². The van der Waals surface area contributed by atoms with Gasteiger partial charge in [-0.25, -0.2) is 0 Å². The lowest BCUT2D eigenvalue weighted by atomic mass is 9.82. The van der Waals surface area contributed by atoms with Crippen LogP contribution >= 0.6 is 24.8 Å². The smallest absolute Gasteiger partial charge is 0.240 e. The minimum absolute atomic E-state index is 0. The third-order valence-corrected chi connectivity index (χ3v) is 4.97. The van der Waals surface area contributed by atoms with E-state index in [2.05, 4.69) is 48.3 Å². The van der Waals surface area contributed by atoms with Gasteiger partial charge in [-0.15, -0.1) is 24.8 Å². The molecule has 1 aliphatic carbocycles. The van der Waals surface area contributed by atoms with Gasteiger partial charge in [0.15, 0.2) is 0 Å². The third kappa shape index (κ3) is 7.14. The average molecular weight is 390 g/mol. The molecule has 0 unspecified atom stereocenters. The van der Waals surface area contributed by atoms with Gasteiger partial charge >= 0.3 is 0 Å². The van der Waals surface area contributed by atoms with Crippen LogP contribution in [0.15, 0.2) is 24.3 Å². The third-order valence-electron chi connectivity index (χ3n) is 4.97. The molecule has 1 aromatic rings. The van der Waals surface area contributed by atoms with Gasteiger partial charge in [0.1, 0.15) is 0 Å². The SMILES string of the molecule is CCN(CC)Cc1ccc(CNC(=O)C2(N)CCCCC2)cc1.Cl.Cl. The van der Waals surface area contributed by atoms with Crippen molar-refractivity contribution in [3.8, 4) is 0 Å². The fraction of sp³-hybridized carbons (Fsp3) is 0.632. The maximum atomic E-state index is 12.3. The molecule has 0 atom stereocenters. The van der Waals surface area contributed by atoms with Crippen LogP contribution in [0.2, 0.25) is 0 Å². The van der Waals surface area contributed by atoms with E-state index in [-0.39, 0.29) is 30.7 Å². The van der Waals surface area contributed by atoms with Crippen LogP contribution in [-0.4, -0.2) is 29.4 Å². The van der Waals surface area contributed by atoms with E-state index in [9.17, 15) is 4.79 Å². The number of hydrogen-bond acceptors (Lipinski definition) is 3. The summed E-state index contributed by atoms with van der Waals surface area (Å²) in [5.74, 6) is 0.00409. The molecular formula is C19H33Cl2N3O. The Morgan fingerprint density at radius 2 is 1.56 bits per heavy atom. The predicted octanol–water partition coefficient (Wildman–Crippen LogP) is 3.65. The number of carbonyl (C=O) groups excluding carboxylic acids is 1. The molecule has 3 N–H and O–H groups in total. The van der Waals surface area contributed by atoms with E-state index in [0.717, 1.165) is 50.9 Å². The molecule has 2 rings (SSSR count). The lowest BCUT2D eigenvalue weighted by molar-refractivity contribution is -0.127. The number of benzene rings is 1. The van der Waals surface area contributed by atoms with Crippen molar-refractivity contribution in [2.75, 3.05) is 13.1 Å². The van der Waals surface area contributed by atoms with Crippen LogP contribution in [0.1, 0.15) is 57.1 Å². The van der Waals surface area contributed by atoms with Crippen molar-refractivity contribution < 1.29 is 4.79 Å². The summed E-state index contributed by atoms with van der Waals surface area (Å²) in [7, 11) is 0.